The summed E-state index contributed by atoms with van der Waals surface area (Å²) in [5.41, 5.74) is 11.1. The molecule has 0 saturated carbocycles. The molecule has 0 unspecified atom stereocenters. The number of hydrogen-bond donors (Lipinski definition) is 0. The van der Waals surface area contributed by atoms with E-state index in [9.17, 15) is 30.6 Å². The molecule has 0 bridgehead atoms. The number of aryl methyl sites for hydroxylation is 9. The zero-order chi connectivity index (χ0) is 46.2. The largest absolute Gasteiger partial charge is 3.00 e. The zero-order valence-corrected chi connectivity index (χ0v) is 40.6. The molecule has 65 heavy (non-hydrogen) atoms. The number of pyridine rings is 3. The van der Waals surface area contributed by atoms with Crippen molar-refractivity contribution in [3.8, 4) is 34.5 Å². The van der Waals surface area contributed by atoms with Gasteiger partial charge in [-0.15, -0.1) is 17.2 Å². The predicted molar refractivity (Wildman–Crippen MR) is 255 cm³/mol. The minimum Gasteiger partial charge on any atom is -0.872 e. The molecule has 0 aliphatic heterocycles. The Labute approximate surface area is 403 Å². The van der Waals surface area contributed by atoms with Crippen LogP contribution in [0.15, 0.2) is 146 Å². The third-order valence-corrected chi connectivity index (χ3v) is 9.90. The fourth-order valence-corrected chi connectivity index (χ4v) is 5.79. The van der Waals surface area contributed by atoms with Gasteiger partial charge in [-0.3, -0.25) is 15.0 Å². The molecule has 0 radical (unpaired) electrons. The van der Waals surface area contributed by atoms with Crippen molar-refractivity contribution in [2.45, 2.75) is 62.3 Å². The van der Waals surface area contributed by atoms with Gasteiger partial charge in [0.15, 0.2) is 0 Å². The summed E-state index contributed by atoms with van der Waals surface area (Å²) < 4.78 is 0. The van der Waals surface area contributed by atoms with Gasteiger partial charge >= 0.3 is 34.7 Å². The van der Waals surface area contributed by atoms with E-state index in [1.54, 1.807) is 54.6 Å². The Morgan fingerprint density at radius 1 is 0.277 bits per heavy atom. The summed E-state index contributed by atoms with van der Waals surface area (Å²) in [5.74, 6) is 0.276. The second kappa shape index (κ2) is 26.3. The van der Waals surface area contributed by atoms with Crippen LogP contribution in [0, 0.1) is 62.3 Å². The fourth-order valence-electron chi connectivity index (χ4n) is 5.79. The monoisotopic (exact) mass is 891 g/mol. The normalized spacial score (nSPS) is 9.74. The van der Waals surface area contributed by atoms with Crippen LogP contribution < -0.4 is 30.6 Å². The molecule has 3 aromatic heterocycles. The number of aromatic nitrogens is 3. The van der Waals surface area contributed by atoms with Crippen molar-refractivity contribution in [1.82, 2.24) is 15.0 Å². The fraction of sp³-hybridized carbons (Fsp3) is 0.167. The van der Waals surface area contributed by atoms with Crippen molar-refractivity contribution in [2.24, 2.45) is 0 Å². The molecule has 9 nitrogen and oxygen atoms in total. The van der Waals surface area contributed by atoms with Gasteiger partial charge in [-0.05, 0) is 130 Å². The van der Waals surface area contributed by atoms with Gasteiger partial charge < -0.3 is 30.6 Å². The summed E-state index contributed by atoms with van der Waals surface area (Å²) in [4.78, 5) is 12.5. The van der Waals surface area contributed by atoms with Gasteiger partial charge in [-0.2, -0.15) is 0 Å². The molecule has 324 valence electrons. The number of para-hydroxylation sites is 3. The van der Waals surface area contributed by atoms with Crippen LogP contribution in [-0.4, -0.2) is 49.7 Å². The van der Waals surface area contributed by atoms with Crippen molar-refractivity contribution >= 4 is 67.4 Å². The molecule has 0 aliphatic rings. The average Bonchev–Trinajstić information content (AvgIpc) is 3.25. The molecule has 0 saturated heterocycles. The summed E-state index contributed by atoms with van der Waals surface area (Å²) in [6.45, 7) is 17.5. The Kier molecular flexibility index (Phi) is 22.0. The molecule has 6 aromatic carbocycles. The first-order chi connectivity index (χ1) is 29.9. The van der Waals surface area contributed by atoms with Gasteiger partial charge in [0.25, 0.3) is 0 Å². The smallest absolute Gasteiger partial charge is 0.872 e. The van der Waals surface area contributed by atoms with E-state index in [-0.39, 0.29) is 69.2 Å². The van der Waals surface area contributed by atoms with Gasteiger partial charge in [-0.1, -0.05) is 145 Å². The molecular formula is C54H51Al2N3O6. The molecule has 0 N–H and O–H groups in total. The Bertz CT molecular complexity index is 2630. The van der Waals surface area contributed by atoms with E-state index in [2.05, 4.69) is 15.0 Å². The van der Waals surface area contributed by atoms with E-state index < -0.39 is 0 Å². The molecule has 9 rings (SSSR count). The second-order valence-corrected chi connectivity index (χ2v) is 15.1. The van der Waals surface area contributed by atoms with Crippen LogP contribution in [0.2, 0.25) is 0 Å². The van der Waals surface area contributed by atoms with Gasteiger partial charge in [0.05, 0.1) is 16.6 Å². The van der Waals surface area contributed by atoms with Crippen LogP contribution in [0.1, 0.15) is 50.5 Å². The second-order valence-electron chi connectivity index (χ2n) is 15.1. The first-order valence-corrected chi connectivity index (χ1v) is 20.2. The summed E-state index contributed by atoms with van der Waals surface area (Å²) in [7, 11) is 0. The van der Waals surface area contributed by atoms with Crippen LogP contribution in [-0.2, 0) is 0 Å². The van der Waals surface area contributed by atoms with Crippen molar-refractivity contribution in [1.29, 1.82) is 0 Å². The van der Waals surface area contributed by atoms with Gasteiger partial charge in [0, 0.05) is 17.1 Å². The first-order valence-electron chi connectivity index (χ1n) is 20.2. The van der Waals surface area contributed by atoms with Crippen molar-refractivity contribution in [3.05, 3.63) is 196 Å². The molecule has 11 heteroatoms. The SMILES string of the molecule is Cc1ccc([O-])cc1C.Cc1ccc([O-])cc1C.Cc1ccc([O-])cc1C.Cc1ccc2cccc([O-])c2n1.Cc1ccc2cccc([O-])c2n1.Cc1ccc2cccc([O-])c2n1.[Al+3].[Al+3]. The maximum Gasteiger partial charge on any atom is 3.00 e. The number of fused-ring (bicyclic) bond motifs is 3. The zero-order valence-electron chi connectivity index (χ0n) is 38.3. The molecule has 0 spiro atoms. The quantitative estimate of drug-likeness (QED) is 0.136. The van der Waals surface area contributed by atoms with Crippen LogP contribution in [0.4, 0.5) is 0 Å². The molecule has 0 aliphatic carbocycles. The van der Waals surface area contributed by atoms with E-state index in [0.717, 1.165) is 49.9 Å². The predicted octanol–water partition coefficient (Wildman–Crippen LogP) is 8.22. The standard InChI is InChI=1S/3C10H9NO.3C8H10O.2Al/c3*1-7-5-6-8-3-2-4-9(12)10(8)11-7;3*1-6-3-4-8(9)5-7(6)2;;/h3*2-6,12H,1H3;3*3-5,9H,1-2H3;;/q;;;;;;2*+3/p-6. The van der Waals surface area contributed by atoms with Gasteiger partial charge in [0.1, 0.15) is 0 Å². The van der Waals surface area contributed by atoms with E-state index in [4.69, 9.17) is 0 Å². The minimum atomic E-state index is -0.00352. The van der Waals surface area contributed by atoms with E-state index in [1.807, 2.05) is 135 Å². The van der Waals surface area contributed by atoms with E-state index in [1.165, 1.54) is 34.9 Å². The minimum absolute atomic E-state index is 0. The average molecular weight is 892 g/mol. The van der Waals surface area contributed by atoms with Crippen LogP contribution >= 0.6 is 0 Å². The van der Waals surface area contributed by atoms with Crippen molar-refractivity contribution in [2.75, 3.05) is 0 Å². The molecule has 0 fully saturated rings. The summed E-state index contributed by atoms with van der Waals surface area (Å²) in [5, 5.41) is 68.5. The molecule has 9 aromatic rings. The molecule has 0 atom stereocenters. The maximum atomic E-state index is 11.3. The summed E-state index contributed by atoms with van der Waals surface area (Å²) >= 11 is 0. The Balaban J connectivity index is 0.000000268. The maximum absolute atomic E-state index is 11.3. The third kappa shape index (κ3) is 17.1. The molecule has 0 amide bonds. The topological polar surface area (TPSA) is 177 Å². The number of nitrogens with zero attached hydrogens (tertiary/aromatic N) is 3. The summed E-state index contributed by atoms with van der Waals surface area (Å²) in [6.07, 6.45) is 0. The van der Waals surface area contributed by atoms with Crippen molar-refractivity contribution < 1.29 is 30.6 Å². The Morgan fingerprint density at radius 3 is 0.738 bits per heavy atom. The first kappa shape index (κ1) is 54.5. The number of hydrogen-bond acceptors (Lipinski definition) is 9. The number of rotatable bonds is 0. The summed E-state index contributed by atoms with van der Waals surface area (Å²) in [6, 6.07) is 42.2. The van der Waals surface area contributed by atoms with Gasteiger partial charge in [0.2, 0.25) is 0 Å². The van der Waals surface area contributed by atoms with E-state index >= 15 is 0 Å². The molecular weight excluding hydrogens is 841 g/mol. The van der Waals surface area contributed by atoms with E-state index in [0.29, 0.717) is 16.6 Å². The van der Waals surface area contributed by atoms with Gasteiger partial charge in [-0.25, -0.2) is 0 Å². The van der Waals surface area contributed by atoms with Crippen molar-refractivity contribution in [3.63, 3.8) is 0 Å². The van der Waals surface area contributed by atoms with Crippen LogP contribution in [0.5, 0.6) is 34.5 Å². The Hall–Kier alpha value is -6.59. The molecule has 3 heterocycles. The number of benzene rings is 6. The van der Waals surface area contributed by atoms with Crippen LogP contribution in [0.3, 0.4) is 0 Å². The third-order valence-electron chi connectivity index (χ3n) is 9.90. The van der Waals surface area contributed by atoms with Crippen LogP contribution in [0.25, 0.3) is 32.7 Å². The Morgan fingerprint density at radius 2 is 0.523 bits per heavy atom.